The lowest BCUT2D eigenvalue weighted by Crippen LogP contribution is -2.29. The summed E-state index contributed by atoms with van der Waals surface area (Å²) in [4.78, 5) is 14.6. The lowest BCUT2D eigenvalue weighted by Gasteiger charge is -2.12. The molecule has 2 heterocycles. The van der Waals surface area contributed by atoms with Gasteiger partial charge in [-0.1, -0.05) is 0 Å². The van der Waals surface area contributed by atoms with Crippen molar-refractivity contribution in [3.63, 3.8) is 0 Å². The molecular formula is C16H20Cl2F2N4O8S2. The monoisotopic (exact) mass is 568 g/mol. The smallest absolute Gasteiger partial charge is 0.288 e. The summed E-state index contributed by atoms with van der Waals surface area (Å²) >= 11 is 9.74. The van der Waals surface area contributed by atoms with Gasteiger partial charge in [-0.05, 0) is 0 Å². The molecule has 192 valence electrons. The van der Waals surface area contributed by atoms with Crippen molar-refractivity contribution >= 4 is 44.0 Å². The van der Waals surface area contributed by atoms with Gasteiger partial charge in [-0.2, -0.15) is 24.3 Å². The van der Waals surface area contributed by atoms with Gasteiger partial charge < -0.3 is 9.47 Å². The maximum absolute atomic E-state index is 12.6. The molecule has 0 amide bonds. The number of methoxy groups -OCH3 is 2. The summed E-state index contributed by atoms with van der Waals surface area (Å²) in [5.74, 6) is -0.890. The fourth-order valence-corrected chi connectivity index (χ4v) is 4.39. The van der Waals surface area contributed by atoms with Crippen LogP contribution in [0.1, 0.15) is 11.6 Å². The Kier molecular flexibility index (Phi) is 13.1. The van der Waals surface area contributed by atoms with Crippen LogP contribution >= 0.6 is 23.7 Å². The third-order valence-electron chi connectivity index (χ3n) is 3.87. The summed E-state index contributed by atoms with van der Waals surface area (Å²) in [6, 6.07) is 0. The largest absolute Gasteiger partial charge is 0.383 e. The molecule has 0 unspecified atom stereocenters. The van der Waals surface area contributed by atoms with E-state index in [0.717, 1.165) is 24.8 Å². The summed E-state index contributed by atoms with van der Waals surface area (Å²) in [6.45, 7) is -0.258. The van der Waals surface area contributed by atoms with E-state index in [1.54, 1.807) is 0 Å². The number of aromatic nitrogens is 4. The van der Waals surface area contributed by atoms with Crippen LogP contribution in [0.2, 0.25) is 0 Å². The molecule has 0 aromatic carbocycles. The van der Waals surface area contributed by atoms with Crippen LogP contribution in [-0.4, -0.2) is 74.7 Å². The van der Waals surface area contributed by atoms with E-state index in [9.17, 15) is 25.6 Å². The summed E-state index contributed by atoms with van der Waals surface area (Å²) in [6.07, 6.45) is 3.62. The molecule has 12 nitrogen and oxygen atoms in total. The van der Waals surface area contributed by atoms with Gasteiger partial charge in [0.1, 0.15) is 22.1 Å². The first-order chi connectivity index (χ1) is 16.0. The van der Waals surface area contributed by atoms with Crippen molar-refractivity contribution in [1.82, 2.24) is 19.9 Å². The zero-order chi connectivity index (χ0) is 25.8. The molecule has 2 aromatic heterocycles. The maximum atomic E-state index is 12.6. The predicted octanol–water partition coefficient (Wildman–Crippen LogP) is 1.35. The second-order valence-corrected chi connectivity index (χ2v) is 10.6. The third kappa shape index (κ3) is 10.3. The van der Waals surface area contributed by atoms with E-state index < -0.39 is 42.4 Å². The van der Waals surface area contributed by atoms with Gasteiger partial charge in [-0.3, -0.25) is 0 Å². The molecule has 0 saturated heterocycles. The first kappa shape index (κ1) is 30.4. The van der Waals surface area contributed by atoms with E-state index in [4.69, 9.17) is 33.2 Å². The first-order valence-electron chi connectivity index (χ1n) is 8.97. The van der Waals surface area contributed by atoms with Crippen molar-refractivity contribution in [2.24, 2.45) is 0 Å². The Morgan fingerprint density at radius 2 is 1.03 bits per heavy atom. The molecule has 2 rings (SSSR count). The molecule has 0 bridgehead atoms. The van der Waals surface area contributed by atoms with Crippen LogP contribution in [0.15, 0.2) is 24.8 Å². The highest BCUT2D eigenvalue weighted by molar-refractivity contribution is 7.88. The quantitative estimate of drug-likeness (QED) is 0.362. The molecule has 34 heavy (non-hydrogen) atoms. The molecule has 0 fully saturated rings. The number of ether oxygens (including phenoxy) is 2. The molecule has 2 aromatic rings. The van der Waals surface area contributed by atoms with Crippen molar-refractivity contribution in [1.29, 1.82) is 0 Å². The Morgan fingerprint density at radius 1 is 0.735 bits per heavy atom. The number of hydrogen-bond acceptors (Lipinski definition) is 12. The molecule has 18 heteroatoms. The van der Waals surface area contributed by atoms with Crippen LogP contribution < -0.4 is 0 Å². The minimum atomic E-state index is -3.96. The van der Waals surface area contributed by atoms with Gasteiger partial charge in [-0.15, -0.1) is 0 Å². The highest BCUT2D eigenvalue weighted by atomic mass is 35.5. The Bertz CT molecular complexity index is 994. The van der Waals surface area contributed by atoms with Crippen LogP contribution in [0.3, 0.4) is 0 Å². The van der Waals surface area contributed by atoms with Crippen molar-refractivity contribution in [3.8, 4) is 0 Å². The highest BCUT2D eigenvalue weighted by Crippen LogP contribution is 2.13. The Hall–Kier alpha value is -1.66. The average molecular weight is 569 g/mol. The van der Waals surface area contributed by atoms with Crippen molar-refractivity contribution in [2.75, 3.05) is 27.4 Å². The average Bonchev–Trinajstić information content (AvgIpc) is 2.81. The fraction of sp³-hybridized carbons (Fsp3) is 0.500. The lowest BCUT2D eigenvalue weighted by atomic mass is 10.3. The highest BCUT2D eigenvalue weighted by Gasteiger charge is 2.29. The minimum absolute atomic E-state index is 0.0802. The lowest BCUT2D eigenvalue weighted by molar-refractivity contribution is 0.193. The molecule has 0 saturated carbocycles. The second kappa shape index (κ2) is 14.7. The number of rotatable bonds is 12. The molecule has 0 aliphatic rings. The van der Waals surface area contributed by atoms with Gasteiger partial charge in [0.25, 0.3) is 20.2 Å². The van der Waals surface area contributed by atoms with E-state index in [1.807, 2.05) is 0 Å². The van der Waals surface area contributed by atoms with Gasteiger partial charge in [0.2, 0.25) is 0 Å². The molecule has 0 N–H and O–H groups in total. The van der Waals surface area contributed by atoms with E-state index in [-0.39, 0.29) is 37.7 Å². The predicted molar refractivity (Wildman–Crippen MR) is 114 cm³/mol. The van der Waals surface area contributed by atoms with Crippen molar-refractivity contribution < 1.29 is 42.6 Å². The fourth-order valence-electron chi connectivity index (χ4n) is 2.26. The summed E-state index contributed by atoms with van der Waals surface area (Å²) in [5.41, 5.74) is 0. The molecule has 2 atom stereocenters. The van der Waals surface area contributed by atoms with Gasteiger partial charge in [0.15, 0.2) is 11.6 Å². The number of halogens is 4. The second-order valence-electron chi connectivity index (χ2n) is 6.31. The van der Waals surface area contributed by atoms with Crippen LogP contribution in [0.4, 0.5) is 8.78 Å². The van der Waals surface area contributed by atoms with Crippen LogP contribution in [0.5, 0.6) is 0 Å². The van der Waals surface area contributed by atoms with Crippen molar-refractivity contribution in [3.05, 3.63) is 48.1 Å². The molecule has 0 aliphatic carbocycles. The standard InChI is InChI=1S/2C8H10ClFN2O4S/c2*1-15-5-7(17(13,14)16-9)2-8-11-3-6(10)4-12-8/h2*3-4,7H,2,5H2,1H3/t2*7-/m10/s1. The summed E-state index contributed by atoms with van der Waals surface area (Å²) < 4.78 is 88.0. The maximum Gasteiger partial charge on any atom is 0.288 e. The van der Waals surface area contributed by atoms with Crippen LogP contribution in [-0.2, 0) is 50.0 Å². The van der Waals surface area contributed by atoms with Crippen LogP contribution in [0, 0.1) is 11.6 Å². The molecule has 0 radical (unpaired) electrons. The normalized spacial score (nSPS) is 13.6. The van der Waals surface area contributed by atoms with Gasteiger partial charge in [0.05, 0.1) is 61.7 Å². The zero-order valence-corrected chi connectivity index (χ0v) is 20.8. The SMILES string of the molecule is COC[C@@H](Cc1ncc(F)cn1)S(=O)(=O)OCl.COC[C@H](Cc1ncc(F)cn1)S(=O)(=O)OCl. The van der Waals surface area contributed by atoms with Gasteiger partial charge >= 0.3 is 0 Å². The van der Waals surface area contributed by atoms with E-state index in [1.165, 1.54) is 14.2 Å². The van der Waals surface area contributed by atoms with Gasteiger partial charge in [-0.25, -0.2) is 28.7 Å². The van der Waals surface area contributed by atoms with Crippen molar-refractivity contribution in [2.45, 2.75) is 23.3 Å². The molecular weight excluding hydrogens is 549 g/mol. The Morgan fingerprint density at radius 3 is 1.26 bits per heavy atom. The molecule has 0 spiro atoms. The summed E-state index contributed by atoms with van der Waals surface area (Å²) in [5, 5.41) is -2.09. The zero-order valence-electron chi connectivity index (χ0n) is 17.7. The van der Waals surface area contributed by atoms with E-state index in [0.29, 0.717) is 0 Å². The molecule has 0 aliphatic heterocycles. The van der Waals surface area contributed by atoms with E-state index in [2.05, 4.69) is 27.4 Å². The first-order valence-corrected chi connectivity index (χ1v) is 12.5. The van der Waals surface area contributed by atoms with E-state index >= 15 is 0 Å². The minimum Gasteiger partial charge on any atom is -0.383 e. The topological polar surface area (TPSA) is 157 Å². The number of hydrogen-bond donors (Lipinski definition) is 0. The third-order valence-corrected chi connectivity index (χ3v) is 7.51. The summed E-state index contributed by atoms with van der Waals surface area (Å²) in [7, 11) is -5.26. The Labute approximate surface area is 205 Å². The Balaban J connectivity index is 0.000000340. The number of nitrogens with zero attached hydrogens (tertiary/aromatic N) is 4. The van der Waals surface area contributed by atoms with Gasteiger partial charge in [0, 0.05) is 27.1 Å². The van der Waals surface area contributed by atoms with Crippen LogP contribution in [0.25, 0.3) is 0 Å².